The Kier molecular flexibility index (Phi) is 3.49. The highest BCUT2D eigenvalue weighted by molar-refractivity contribution is 5.35. The third kappa shape index (κ3) is 2.34. The lowest BCUT2D eigenvalue weighted by atomic mass is 9.96. The largest absolute Gasteiger partial charge is 0.384 e. The standard InChI is InChI=1S/C14H14FNO/c1-2-10-5-3-4-6-11(10)14(17)12-7-8-16-9-13(12)15/h3-9,14,17H,2H2,1H3. The van der Waals surface area contributed by atoms with Crippen molar-refractivity contribution in [2.75, 3.05) is 0 Å². The average molecular weight is 231 g/mol. The lowest BCUT2D eigenvalue weighted by Crippen LogP contribution is -2.05. The van der Waals surface area contributed by atoms with Crippen LogP contribution in [0.2, 0.25) is 0 Å². The number of hydrogen-bond donors (Lipinski definition) is 1. The maximum absolute atomic E-state index is 13.5. The third-order valence-corrected chi connectivity index (χ3v) is 2.83. The minimum atomic E-state index is -0.936. The lowest BCUT2D eigenvalue weighted by molar-refractivity contribution is 0.213. The van der Waals surface area contributed by atoms with Crippen molar-refractivity contribution < 1.29 is 9.50 Å². The molecule has 0 spiro atoms. The van der Waals surface area contributed by atoms with Crippen LogP contribution in [0.4, 0.5) is 4.39 Å². The molecular weight excluding hydrogens is 217 g/mol. The van der Waals surface area contributed by atoms with Crippen molar-refractivity contribution in [3.05, 3.63) is 65.2 Å². The smallest absolute Gasteiger partial charge is 0.147 e. The molecular formula is C14H14FNO. The number of rotatable bonds is 3. The number of pyridine rings is 1. The fourth-order valence-corrected chi connectivity index (χ4v) is 1.90. The predicted octanol–water partition coefficient (Wildman–Crippen LogP) is 2.86. The number of aryl methyl sites for hydroxylation is 1. The molecule has 88 valence electrons. The topological polar surface area (TPSA) is 33.1 Å². The van der Waals surface area contributed by atoms with Crippen LogP contribution in [0.1, 0.15) is 29.7 Å². The minimum absolute atomic E-state index is 0.265. The van der Waals surface area contributed by atoms with E-state index in [4.69, 9.17) is 0 Å². The van der Waals surface area contributed by atoms with Crippen molar-refractivity contribution in [3.63, 3.8) is 0 Å². The van der Waals surface area contributed by atoms with Crippen LogP contribution in [0.3, 0.4) is 0 Å². The zero-order chi connectivity index (χ0) is 12.3. The van der Waals surface area contributed by atoms with Crippen LogP contribution in [0.15, 0.2) is 42.7 Å². The van der Waals surface area contributed by atoms with E-state index in [-0.39, 0.29) is 5.56 Å². The molecule has 0 aliphatic rings. The number of nitrogens with zero attached hydrogens (tertiary/aromatic N) is 1. The summed E-state index contributed by atoms with van der Waals surface area (Å²) in [4.78, 5) is 3.68. The average Bonchev–Trinajstić information content (AvgIpc) is 2.38. The summed E-state index contributed by atoms with van der Waals surface area (Å²) >= 11 is 0. The Morgan fingerprint density at radius 1 is 1.24 bits per heavy atom. The maximum Gasteiger partial charge on any atom is 0.147 e. The highest BCUT2D eigenvalue weighted by atomic mass is 19.1. The first-order valence-electron chi connectivity index (χ1n) is 5.59. The van der Waals surface area contributed by atoms with E-state index in [9.17, 15) is 9.50 Å². The van der Waals surface area contributed by atoms with E-state index in [2.05, 4.69) is 4.98 Å². The number of aromatic nitrogens is 1. The second-order valence-electron chi connectivity index (χ2n) is 3.85. The van der Waals surface area contributed by atoms with Crippen molar-refractivity contribution in [2.24, 2.45) is 0 Å². The van der Waals surface area contributed by atoms with Crippen LogP contribution in [0.5, 0.6) is 0 Å². The van der Waals surface area contributed by atoms with Crippen molar-refractivity contribution in [3.8, 4) is 0 Å². The van der Waals surface area contributed by atoms with Gasteiger partial charge in [0.05, 0.1) is 6.20 Å². The second kappa shape index (κ2) is 5.06. The van der Waals surface area contributed by atoms with E-state index in [1.807, 2.05) is 31.2 Å². The van der Waals surface area contributed by atoms with Gasteiger partial charge in [0, 0.05) is 11.8 Å². The van der Waals surface area contributed by atoms with E-state index >= 15 is 0 Å². The summed E-state index contributed by atoms with van der Waals surface area (Å²) in [6, 6.07) is 9.03. The molecule has 0 fully saturated rings. The van der Waals surface area contributed by atoms with Gasteiger partial charge in [0.25, 0.3) is 0 Å². The summed E-state index contributed by atoms with van der Waals surface area (Å²) in [7, 11) is 0. The van der Waals surface area contributed by atoms with Gasteiger partial charge in [0.15, 0.2) is 0 Å². The van der Waals surface area contributed by atoms with Gasteiger partial charge in [-0.15, -0.1) is 0 Å². The lowest BCUT2D eigenvalue weighted by Gasteiger charge is -2.15. The number of aliphatic hydroxyl groups is 1. The molecule has 17 heavy (non-hydrogen) atoms. The highest BCUT2D eigenvalue weighted by Gasteiger charge is 2.16. The quantitative estimate of drug-likeness (QED) is 0.881. The molecule has 0 amide bonds. The Hall–Kier alpha value is -1.74. The van der Waals surface area contributed by atoms with Crippen LogP contribution < -0.4 is 0 Å². The Balaban J connectivity index is 2.44. The summed E-state index contributed by atoms with van der Waals surface area (Å²) in [5, 5.41) is 10.2. The first-order chi connectivity index (χ1) is 8.24. The Morgan fingerprint density at radius 2 is 2.00 bits per heavy atom. The van der Waals surface area contributed by atoms with Crippen LogP contribution in [-0.2, 0) is 6.42 Å². The maximum atomic E-state index is 13.5. The fraction of sp³-hybridized carbons (Fsp3) is 0.214. The van der Waals surface area contributed by atoms with Gasteiger partial charge in [-0.1, -0.05) is 31.2 Å². The Morgan fingerprint density at radius 3 is 2.71 bits per heavy atom. The van der Waals surface area contributed by atoms with Crippen LogP contribution in [-0.4, -0.2) is 10.1 Å². The van der Waals surface area contributed by atoms with Gasteiger partial charge in [0.1, 0.15) is 11.9 Å². The molecule has 1 aromatic carbocycles. The normalized spacial score (nSPS) is 12.4. The molecule has 1 heterocycles. The molecule has 0 saturated heterocycles. The van der Waals surface area contributed by atoms with E-state index in [1.165, 1.54) is 12.3 Å². The Bertz CT molecular complexity index is 513. The van der Waals surface area contributed by atoms with Gasteiger partial charge in [-0.25, -0.2) is 4.39 Å². The molecule has 0 radical (unpaired) electrons. The molecule has 2 aromatic rings. The zero-order valence-corrected chi connectivity index (χ0v) is 9.60. The molecule has 2 nitrogen and oxygen atoms in total. The predicted molar refractivity (Wildman–Crippen MR) is 64.1 cm³/mol. The Labute approximate surface area is 99.8 Å². The third-order valence-electron chi connectivity index (χ3n) is 2.83. The molecule has 2 rings (SSSR count). The molecule has 0 aliphatic heterocycles. The summed E-state index contributed by atoms with van der Waals surface area (Å²) in [5.41, 5.74) is 2.04. The fourth-order valence-electron chi connectivity index (χ4n) is 1.90. The molecule has 1 unspecified atom stereocenters. The van der Waals surface area contributed by atoms with Crippen molar-refractivity contribution >= 4 is 0 Å². The second-order valence-corrected chi connectivity index (χ2v) is 3.85. The number of aliphatic hydroxyl groups excluding tert-OH is 1. The van der Waals surface area contributed by atoms with Gasteiger partial charge in [-0.05, 0) is 23.6 Å². The van der Waals surface area contributed by atoms with E-state index in [0.717, 1.165) is 23.7 Å². The van der Waals surface area contributed by atoms with Gasteiger partial charge >= 0.3 is 0 Å². The molecule has 0 saturated carbocycles. The zero-order valence-electron chi connectivity index (χ0n) is 9.60. The molecule has 0 bridgehead atoms. The monoisotopic (exact) mass is 231 g/mol. The number of benzene rings is 1. The van der Waals surface area contributed by atoms with Crippen molar-refractivity contribution in [1.29, 1.82) is 0 Å². The van der Waals surface area contributed by atoms with E-state index in [0.29, 0.717) is 0 Å². The summed E-state index contributed by atoms with van der Waals surface area (Å²) in [6.45, 7) is 2.01. The number of hydrogen-bond acceptors (Lipinski definition) is 2. The van der Waals surface area contributed by atoms with Gasteiger partial charge in [-0.3, -0.25) is 4.98 Å². The van der Waals surface area contributed by atoms with E-state index < -0.39 is 11.9 Å². The van der Waals surface area contributed by atoms with Crippen LogP contribution in [0.25, 0.3) is 0 Å². The summed E-state index contributed by atoms with van der Waals surface area (Å²) in [6.07, 6.45) is 2.47. The molecule has 0 aliphatic carbocycles. The highest BCUT2D eigenvalue weighted by Crippen LogP contribution is 2.26. The first kappa shape index (κ1) is 11.7. The molecule has 3 heteroatoms. The summed E-state index contributed by atoms with van der Waals surface area (Å²) in [5.74, 6) is -0.481. The minimum Gasteiger partial charge on any atom is -0.384 e. The summed E-state index contributed by atoms with van der Waals surface area (Å²) < 4.78 is 13.5. The molecule has 1 atom stereocenters. The number of halogens is 1. The molecule has 1 N–H and O–H groups in total. The van der Waals surface area contributed by atoms with Crippen LogP contribution >= 0.6 is 0 Å². The van der Waals surface area contributed by atoms with Gasteiger partial charge in [0.2, 0.25) is 0 Å². The van der Waals surface area contributed by atoms with Crippen LogP contribution in [0, 0.1) is 5.82 Å². The van der Waals surface area contributed by atoms with Crippen molar-refractivity contribution in [2.45, 2.75) is 19.4 Å². The molecule has 1 aromatic heterocycles. The van der Waals surface area contributed by atoms with E-state index in [1.54, 1.807) is 0 Å². The van der Waals surface area contributed by atoms with Crippen molar-refractivity contribution in [1.82, 2.24) is 4.98 Å². The van der Waals surface area contributed by atoms with Gasteiger partial charge < -0.3 is 5.11 Å². The SMILES string of the molecule is CCc1ccccc1C(O)c1ccncc1F. The first-order valence-corrected chi connectivity index (χ1v) is 5.59. The van der Waals surface area contributed by atoms with Gasteiger partial charge in [-0.2, -0.15) is 0 Å².